The highest BCUT2D eigenvalue weighted by atomic mass is 16.6. The van der Waals surface area contributed by atoms with Crippen LogP contribution in [-0.4, -0.2) is 34.2 Å². The Labute approximate surface area is 147 Å². The number of anilines is 1. The molecule has 0 saturated heterocycles. The maximum Gasteiger partial charge on any atom is 0.319 e. The molecule has 0 bridgehead atoms. The number of carbonyl (C=O) groups is 1. The molecule has 2 aromatic rings. The third-order valence-corrected chi connectivity index (χ3v) is 4.08. The van der Waals surface area contributed by atoms with Crippen LogP contribution in [0, 0.1) is 13.8 Å². The molecule has 1 aliphatic rings. The van der Waals surface area contributed by atoms with E-state index in [-0.39, 0.29) is 12.1 Å². The minimum Gasteiger partial charge on any atom is -0.390 e. The van der Waals surface area contributed by atoms with E-state index in [4.69, 9.17) is 4.84 Å². The summed E-state index contributed by atoms with van der Waals surface area (Å²) in [6, 6.07) is 9.31. The molecule has 0 fully saturated rings. The standard InChI is InChI=1S/C18H23N5O2/c1-4-14-10-15(25-22-14)11-19-18(24)20-16-7-5-6-8-17(16)23-13(3)9-12(2)21-23/h5-9,15H,4,10-11H2,1-3H3,(H2,19,20,24)/t15-/m1/s1. The van der Waals surface area contributed by atoms with Gasteiger partial charge in [-0.05, 0) is 38.5 Å². The molecular formula is C18H23N5O2. The van der Waals surface area contributed by atoms with E-state index < -0.39 is 0 Å². The molecule has 0 saturated carbocycles. The van der Waals surface area contributed by atoms with Crippen molar-refractivity contribution in [2.24, 2.45) is 5.16 Å². The molecule has 1 atom stereocenters. The van der Waals surface area contributed by atoms with Gasteiger partial charge in [-0.15, -0.1) is 0 Å². The number of urea groups is 1. The number of hydrogen-bond acceptors (Lipinski definition) is 4. The Morgan fingerprint density at radius 2 is 2.16 bits per heavy atom. The zero-order chi connectivity index (χ0) is 17.8. The Morgan fingerprint density at radius 3 is 2.84 bits per heavy atom. The van der Waals surface area contributed by atoms with Gasteiger partial charge in [-0.25, -0.2) is 9.48 Å². The van der Waals surface area contributed by atoms with Gasteiger partial charge < -0.3 is 15.5 Å². The zero-order valence-corrected chi connectivity index (χ0v) is 14.7. The SMILES string of the molecule is CCC1=NO[C@@H](CNC(=O)Nc2ccccc2-n2nc(C)cc2C)C1. The number of carbonyl (C=O) groups excluding carboxylic acids is 1. The first-order valence-electron chi connectivity index (χ1n) is 8.46. The minimum atomic E-state index is -0.275. The van der Waals surface area contributed by atoms with Crippen molar-refractivity contribution in [1.82, 2.24) is 15.1 Å². The minimum absolute atomic E-state index is 0.0908. The van der Waals surface area contributed by atoms with Crippen LogP contribution >= 0.6 is 0 Å². The fourth-order valence-electron chi connectivity index (χ4n) is 2.81. The van der Waals surface area contributed by atoms with Crippen LogP contribution in [0.4, 0.5) is 10.5 Å². The van der Waals surface area contributed by atoms with Crippen molar-refractivity contribution in [3.8, 4) is 5.69 Å². The largest absolute Gasteiger partial charge is 0.390 e. The molecule has 132 valence electrons. The van der Waals surface area contributed by atoms with Crippen molar-refractivity contribution in [1.29, 1.82) is 0 Å². The first-order valence-corrected chi connectivity index (χ1v) is 8.46. The van der Waals surface area contributed by atoms with Crippen molar-refractivity contribution < 1.29 is 9.63 Å². The summed E-state index contributed by atoms with van der Waals surface area (Å²) in [6.45, 7) is 6.39. The second kappa shape index (κ2) is 7.38. The van der Waals surface area contributed by atoms with E-state index in [1.165, 1.54) is 0 Å². The topological polar surface area (TPSA) is 80.5 Å². The summed E-state index contributed by atoms with van der Waals surface area (Å²) in [6.07, 6.45) is 1.55. The molecule has 1 aromatic heterocycles. The van der Waals surface area contributed by atoms with Crippen LogP contribution in [0.25, 0.3) is 5.69 Å². The fourth-order valence-corrected chi connectivity index (χ4v) is 2.81. The number of amides is 2. The number of nitrogens with one attached hydrogen (secondary N) is 2. The quantitative estimate of drug-likeness (QED) is 0.876. The van der Waals surface area contributed by atoms with Crippen LogP contribution in [0.15, 0.2) is 35.5 Å². The van der Waals surface area contributed by atoms with Crippen molar-refractivity contribution >= 4 is 17.4 Å². The number of para-hydroxylation sites is 2. The van der Waals surface area contributed by atoms with Crippen molar-refractivity contribution in [3.63, 3.8) is 0 Å². The average Bonchev–Trinajstić information content (AvgIpc) is 3.19. The number of aryl methyl sites for hydroxylation is 2. The Bertz CT molecular complexity index is 797. The maximum absolute atomic E-state index is 12.2. The molecular weight excluding hydrogens is 318 g/mol. The molecule has 2 heterocycles. The molecule has 0 unspecified atom stereocenters. The highest BCUT2D eigenvalue weighted by Crippen LogP contribution is 2.21. The first kappa shape index (κ1) is 17.0. The van der Waals surface area contributed by atoms with E-state index in [0.717, 1.165) is 35.6 Å². The highest BCUT2D eigenvalue weighted by molar-refractivity contribution is 5.91. The average molecular weight is 341 g/mol. The number of oxime groups is 1. The second-order valence-corrected chi connectivity index (χ2v) is 6.13. The van der Waals surface area contributed by atoms with Crippen molar-refractivity contribution in [2.75, 3.05) is 11.9 Å². The number of benzene rings is 1. The molecule has 0 spiro atoms. The van der Waals surface area contributed by atoms with Gasteiger partial charge in [0, 0.05) is 12.1 Å². The lowest BCUT2D eigenvalue weighted by molar-refractivity contribution is 0.0870. The van der Waals surface area contributed by atoms with Gasteiger partial charge in [-0.2, -0.15) is 5.10 Å². The van der Waals surface area contributed by atoms with E-state index in [2.05, 4.69) is 20.9 Å². The number of hydrogen-bond donors (Lipinski definition) is 2. The van der Waals surface area contributed by atoms with Gasteiger partial charge in [-0.1, -0.05) is 24.2 Å². The summed E-state index contributed by atoms with van der Waals surface area (Å²) in [7, 11) is 0. The van der Waals surface area contributed by atoms with Crippen LogP contribution in [-0.2, 0) is 4.84 Å². The molecule has 2 amide bonds. The van der Waals surface area contributed by atoms with Gasteiger partial charge in [0.15, 0.2) is 0 Å². The number of aromatic nitrogens is 2. The van der Waals surface area contributed by atoms with Gasteiger partial charge >= 0.3 is 6.03 Å². The fraction of sp³-hybridized carbons (Fsp3) is 0.389. The van der Waals surface area contributed by atoms with Crippen LogP contribution in [0.2, 0.25) is 0 Å². The highest BCUT2D eigenvalue weighted by Gasteiger charge is 2.20. The summed E-state index contributed by atoms with van der Waals surface area (Å²) in [5, 5.41) is 14.2. The molecule has 3 rings (SSSR count). The third kappa shape index (κ3) is 3.99. The lowest BCUT2D eigenvalue weighted by Crippen LogP contribution is -2.35. The Morgan fingerprint density at radius 1 is 1.36 bits per heavy atom. The smallest absolute Gasteiger partial charge is 0.319 e. The summed E-state index contributed by atoms with van der Waals surface area (Å²) in [5.74, 6) is 0. The Kier molecular flexibility index (Phi) is 5.02. The molecule has 7 nitrogen and oxygen atoms in total. The van der Waals surface area contributed by atoms with Gasteiger partial charge in [0.25, 0.3) is 0 Å². The summed E-state index contributed by atoms with van der Waals surface area (Å²) < 4.78 is 1.83. The Hall–Kier alpha value is -2.83. The van der Waals surface area contributed by atoms with Gasteiger partial charge in [0.2, 0.25) is 0 Å². The monoisotopic (exact) mass is 341 g/mol. The molecule has 7 heteroatoms. The predicted molar refractivity (Wildman–Crippen MR) is 97.3 cm³/mol. The molecule has 2 N–H and O–H groups in total. The van der Waals surface area contributed by atoms with Gasteiger partial charge in [0.1, 0.15) is 6.10 Å². The molecule has 0 aliphatic carbocycles. The maximum atomic E-state index is 12.2. The zero-order valence-electron chi connectivity index (χ0n) is 14.7. The second-order valence-electron chi connectivity index (χ2n) is 6.13. The van der Waals surface area contributed by atoms with E-state index in [1.54, 1.807) is 0 Å². The summed E-state index contributed by atoms with van der Waals surface area (Å²) >= 11 is 0. The Balaban J connectivity index is 1.63. The normalized spacial score (nSPS) is 16.3. The van der Waals surface area contributed by atoms with E-state index >= 15 is 0 Å². The van der Waals surface area contributed by atoms with E-state index in [1.807, 2.05) is 55.8 Å². The number of rotatable bonds is 5. The van der Waals surface area contributed by atoms with Crippen LogP contribution < -0.4 is 10.6 Å². The van der Waals surface area contributed by atoms with Gasteiger partial charge in [-0.3, -0.25) is 0 Å². The molecule has 25 heavy (non-hydrogen) atoms. The van der Waals surface area contributed by atoms with Crippen LogP contribution in [0.5, 0.6) is 0 Å². The third-order valence-electron chi connectivity index (χ3n) is 4.08. The van der Waals surface area contributed by atoms with E-state index in [0.29, 0.717) is 12.2 Å². The first-order chi connectivity index (χ1) is 12.1. The van der Waals surface area contributed by atoms with E-state index in [9.17, 15) is 4.79 Å². The summed E-state index contributed by atoms with van der Waals surface area (Å²) in [5.41, 5.74) is 4.50. The lowest BCUT2D eigenvalue weighted by Gasteiger charge is -2.14. The lowest BCUT2D eigenvalue weighted by atomic mass is 10.1. The molecule has 1 aliphatic heterocycles. The van der Waals surface area contributed by atoms with Gasteiger partial charge in [0.05, 0.1) is 29.3 Å². The molecule has 0 radical (unpaired) electrons. The van der Waals surface area contributed by atoms with Crippen molar-refractivity contribution in [3.05, 3.63) is 41.7 Å². The molecule has 1 aromatic carbocycles. The summed E-state index contributed by atoms with van der Waals surface area (Å²) in [4.78, 5) is 17.5. The predicted octanol–water partition coefficient (Wildman–Crippen LogP) is 3.17. The van der Waals surface area contributed by atoms with Crippen LogP contribution in [0.1, 0.15) is 31.2 Å². The van der Waals surface area contributed by atoms with Crippen molar-refractivity contribution in [2.45, 2.75) is 39.7 Å². The number of nitrogens with zero attached hydrogens (tertiary/aromatic N) is 3. The van der Waals surface area contributed by atoms with Crippen LogP contribution in [0.3, 0.4) is 0 Å².